The minimum atomic E-state index is -2.99. The molecule has 0 atom stereocenters. The average Bonchev–Trinajstić information content (AvgIpc) is 2.38. The minimum Gasteiger partial charge on any atom is -0.507 e. The van der Waals surface area contributed by atoms with Crippen molar-refractivity contribution in [3.63, 3.8) is 0 Å². The monoisotopic (exact) mass is 265 g/mol. The Kier molecular flexibility index (Phi) is 3.70. The molecule has 1 aromatic carbocycles. The smallest absolute Gasteiger partial charge is 0.387 e. The Hall–Kier alpha value is -2.50. The number of carbonyl (C=O) groups is 1. The van der Waals surface area contributed by atoms with Crippen LogP contribution in [0.25, 0.3) is 0 Å². The van der Waals surface area contributed by atoms with Crippen molar-refractivity contribution in [2.75, 3.05) is 0 Å². The summed E-state index contributed by atoms with van der Waals surface area (Å²) in [6, 6.07) is 6.38. The summed E-state index contributed by atoms with van der Waals surface area (Å²) < 4.78 is 28.1. The number of alkyl halides is 2. The lowest BCUT2D eigenvalue weighted by molar-refractivity contribution is -0.0499. The fraction of sp³-hybridized carbons (Fsp3) is 0.0769. The lowest BCUT2D eigenvalue weighted by atomic mass is 10.0. The predicted molar refractivity (Wildman–Crippen MR) is 62.4 cm³/mol. The number of halogens is 2. The first kappa shape index (κ1) is 12.9. The summed E-state index contributed by atoms with van der Waals surface area (Å²) >= 11 is 0. The van der Waals surface area contributed by atoms with E-state index < -0.39 is 18.1 Å². The van der Waals surface area contributed by atoms with E-state index in [1.54, 1.807) is 0 Å². The molecule has 0 aliphatic heterocycles. The van der Waals surface area contributed by atoms with Gasteiger partial charge in [-0.05, 0) is 24.3 Å². The van der Waals surface area contributed by atoms with Gasteiger partial charge in [-0.25, -0.2) is 0 Å². The second-order valence-electron chi connectivity index (χ2n) is 3.62. The molecule has 0 amide bonds. The Morgan fingerprint density at radius 3 is 2.47 bits per heavy atom. The van der Waals surface area contributed by atoms with Gasteiger partial charge in [0.2, 0.25) is 0 Å². The van der Waals surface area contributed by atoms with Crippen molar-refractivity contribution in [2.24, 2.45) is 0 Å². The van der Waals surface area contributed by atoms with E-state index >= 15 is 0 Å². The first-order chi connectivity index (χ1) is 9.08. The van der Waals surface area contributed by atoms with Crippen molar-refractivity contribution in [2.45, 2.75) is 6.61 Å². The molecule has 0 fully saturated rings. The molecule has 2 aromatic rings. The van der Waals surface area contributed by atoms with Gasteiger partial charge in [0.1, 0.15) is 11.5 Å². The summed E-state index contributed by atoms with van der Waals surface area (Å²) in [6.45, 7) is -2.99. The van der Waals surface area contributed by atoms with Crippen LogP contribution < -0.4 is 4.74 Å². The third-order valence-electron chi connectivity index (χ3n) is 2.38. The number of aromatic hydroxyl groups is 1. The normalized spacial score (nSPS) is 10.5. The number of rotatable bonds is 4. The molecule has 2 rings (SSSR count). The van der Waals surface area contributed by atoms with Crippen molar-refractivity contribution in [1.82, 2.24) is 4.98 Å². The number of aromatic nitrogens is 1. The van der Waals surface area contributed by atoms with Crippen LogP contribution in [0.15, 0.2) is 42.7 Å². The highest BCUT2D eigenvalue weighted by molar-refractivity contribution is 6.10. The molecule has 1 aromatic heterocycles. The molecule has 4 nitrogen and oxygen atoms in total. The Labute approximate surface area is 107 Å². The molecule has 0 saturated carbocycles. The largest absolute Gasteiger partial charge is 0.507 e. The Morgan fingerprint density at radius 2 is 1.89 bits per heavy atom. The number of phenols is 1. The lowest BCUT2D eigenvalue weighted by Crippen LogP contribution is -2.04. The van der Waals surface area contributed by atoms with Crippen LogP contribution in [0.2, 0.25) is 0 Å². The Balaban J connectivity index is 2.29. The van der Waals surface area contributed by atoms with Crippen LogP contribution in [0.5, 0.6) is 11.5 Å². The van der Waals surface area contributed by atoms with Crippen molar-refractivity contribution < 1.29 is 23.4 Å². The molecule has 0 saturated heterocycles. The van der Waals surface area contributed by atoms with Gasteiger partial charge in [-0.2, -0.15) is 8.78 Å². The van der Waals surface area contributed by atoms with E-state index in [0.29, 0.717) is 5.56 Å². The van der Waals surface area contributed by atoms with Crippen LogP contribution in [0.4, 0.5) is 8.78 Å². The number of benzene rings is 1. The Morgan fingerprint density at radius 1 is 1.21 bits per heavy atom. The van der Waals surface area contributed by atoms with Gasteiger partial charge >= 0.3 is 6.61 Å². The molecular formula is C13H9F2NO3. The van der Waals surface area contributed by atoms with Crippen molar-refractivity contribution in [3.05, 3.63) is 53.9 Å². The SMILES string of the molecule is O=C(c1ccncc1)c1ccc(OC(F)F)cc1O. The zero-order valence-electron chi connectivity index (χ0n) is 9.59. The average molecular weight is 265 g/mol. The second kappa shape index (κ2) is 5.43. The summed E-state index contributed by atoms with van der Waals surface area (Å²) in [5, 5.41) is 9.67. The first-order valence-corrected chi connectivity index (χ1v) is 5.30. The highest BCUT2D eigenvalue weighted by atomic mass is 19.3. The third kappa shape index (κ3) is 3.04. The van der Waals surface area contributed by atoms with Gasteiger partial charge in [-0.1, -0.05) is 0 Å². The predicted octanol–water partition coefficient (Wildman–Crippen LogP) is 2.62. The summed E-state index contributed by atoms with van der Waals surface area (Å²) in [6.07, 6.45) is 2.89. The summed E-state index contributed by atoms with van der Waals surface area (Å²) in [5.74, 6) is -1.05. The maximum absolute atomic E-state index is 12.0. The molecule has 0 unspecified atom stereocenters. The van der Waals surface area contributed by atoms with Crippen LogP contribution in [0.1, 0.15) is 15.9 Å². The minimum absolute atomic E-state index is 0.00724. The molecule has 19 heavy (non-hydrogen) atoms. The Bertz CT molecular complexity index is 588. The summed E-state index contributed by atoms with van der Waals surface area (Å²) in [4.78, 5) is 15.8. The third-order valence-corrected chi connectivity index (χ3v) is 2.38. The molecule has 1 heterocycles. The molecule has 0 aliphatic carbocycles. The lowest BCUT2D eigenvalue weighted by Gasteiger charge is -2.07. The standard InChI is InChI=1S/C13H9F2NO3/c14-13(15)19-9-1-2-10(11(17)7-9)12(18)8-3-5-16-6-4-8/h1-7,13,17H. The fourth-order valence-corrected chi connectivity index (χ4v) is 1.54. The van der Waals surface area contributed by atoms with Gasteiger partial charge in [-0.15, -0.1) is 0 Å². The van der Waals surface area contributed by atoms with Gasteiger partial charge in [0.15, 0.2) is 5.78 Å². The number of carbonyl (C=O) groups excluding carboxylic acids is 1. The molecule has 1 N–H and O–H groups in total. The summed E-state index contributed by atoms with van der Waals surface area (Å²) in [5.41, 5.74) is 0.348. The number of ketones is 1. The van der Waals surface area contributed by atoms with E-state index in [1.807, 2.05) is 0 Å². The molecule has 0 radical (unpaired) electrons. The maximum atomic E-state index is 12.0. The van der Waals surface area contributed by atoms with E-state index in [2.05, 4.69) is 9.72 Å². The molecule has 0 aliphatic rings. The zero-order chi connectivity index (χ0) is 13.8. The number of hydrogen-bond donors (Lipinski definition) is 1. The molecule has 6 heteroatoms. The summed E-state index contributed by atoms with van der Waals surface area (Å²) in [7, 11) is 0. The van der Waals surface area contributed by atoms with E-state index in [-0.39, 0.29) is 11.3 Å². The molecular weight excluding hydrogens is 256 g/mol. The van der Waals surface area contributed by atoms with Gasteiger partial charge in [0, 0.05) is 24.0 Å². The fourth-order valence-electron chi connectivity index (χ4n) is 1.54. The van der Waals surface area contributed by atoms with Crippen molar-refractivity contribution in [1.29, 1.82) is 0 Å². The van der Waals surface area contributed by atoms with Crippen molar-refractivity contribution >= 4 is 5.78 Å². The van der Waals surface area contributed by atoms with Crippen LogP contribution in [0, 0.1) is 0 Å². The van der Waals surface area contributed by atoms with Crippen LogP contribution in [-0.4, -0.2) is 22.5 Å². The van der Waals surface area contributed by atoms with Gasteiger partial charge < -0.3 is 9.84 Å². The number of pyridine rings is 1. The number of hydrogen-bond acceptors (Lipinski definition) is 4. The zero-order valence-corrected chi connectivity index (χ0v) is 9.59. The van der Waals surface area contributed by atoms with Crippen molar-refractivity contribution in [3.8, 4) is 11.5 Å². The molecule has 0 spiro atoms. The number of ether oxygens (including phenoxy) is 1. The van der Waals surface area contributed by atoms with E-state index in [4.69, 9.17) is 0 Å². The van der Waals surface area contributed by atoms with E-state index in [0.717, 1.165) is 6.07 Å². The topological polar surface area (TPSA) is 59.4 Å². The first-order valence-electron chi connectivity index (χ1n) is 5.30. The maximum Gasteiger partial charge on any atom is 0.387 e. The second-order valence-corrected chi connectivity index (χ2v) is 3.62. The van der Waals surface area contributed by atoms with Gasteiger partial charge in [0.25, 0.3) is 0 Å². The van der Waals surface area contributed by atoms with E-state index in [9.17, 15) is 18.7 Å². The van der Waals surface area contributed by atoms with Crippen LogP contribution in [0.3, 0.4) is 0 Å². The highest BCUT2D eigenvalue weighted by Crippen LogP contribution is 2.26. The number of phenolic OH excluding ortho intramolecular Hbond substituents is 1. The van der Waals surface area contributed by atoms with E-state index in [1.165, 1.54) is 36.7 Å². The highest BCUT2D eigenvalue weighted by Gasteiger charge is 2.15. The molecule has 98 valence electrons. The van der Waals surface area contributed by atoms with Gasteiger partial charge in [0.05, 0.1) is 5.56 Å². The van der Waals surface area contributed by atoms with Crippen LogP contribution in [-0.2, 0) is 0 Å². The number of nitrogens with zero attached hydrogens (tertiary/aromatic N) is 1. The van der Waals surface area contributed by atoms with Gasteiger partial charge in [-0.3, -0.25) is 9.78 Å². The quantitative estimate of drug-likeness (QED) is 0.863. The van der Waals surface area contributed by atoms with Crippen LogP contribution >= 0.6 is 0 Å². The molecule has 0 bridgehead atoms.